The Bertz CT molecular complexity index is 292. The van der Waals surface area contributed by atoms with Crippen LogP contribution in [0.2, 0.25) is 5.02 Å². The maximum absolute atomic E-state index is 5.90. The second kappa shape index (κ2) is 6.93. The second-order valence-electron chi connectivity index (χ2n) is 4.63. The standard InChI is InChI=1S/C14H22ClN/c1-4-16-14(10-5-11(2)3)12-6-8-13(15)9-7-12/h6-9,11,14,16H,4-5,10H2,1-3H3. The Labute approximate surface area is 104 Å². The van der Waals surface area contributed by atoms with Crippen molar-refractivity contribution < 1.29 is 0 Å². The van der Waals surface area contributed by atoms with Gasteiger partial charge in [0.25, 0.3) is 0 Å². The zero-order chi connectivity index (χ0) is 12.0. The minimum Gasteiger partial charge on any atom is -0.310 e. The first kappa shape index (κ1) is 13.5. The summed E-state index contributed by atoms with van der Waals surface area (Å²) in [6.07, 6.45) is 2.44. The highest BCUT2D eigenvalue weighted by atomic mass is 35.5. The molecule has 1 rings (SSSR count). The Hall–Kier alpha value is -0.530. The predicted molar refractivity (Wildman–Crippen MR) is 71.9 cm³/mol. The SMILES string of the molecule is CCNC(CCC(C)C)c1ccc(Cl)cc1. The van der Waals surface area contributed by atoms with Gasteiger partial charge in [0, 0.05) is 11.1 Å². The van der Waals surface area contributed by atoms with Crippen molar-refractivity contribution in [3.05, 3.63) is 34.9 Å². The molecule has 1 aromatic carbocycles. The maximum Gasteiger partial charge on any atom is 0.0406 e. The summed E-state index contributed by atoms with van der Waals surface area (Å²) in [5.74, 6) is 0.758. The molecule has 16 heavy (non-hydrogen) atoms. The fraction of sp³-hybridized carbons (Fsp3) is 0.571. The van der Waals surface area contributed by atoms with Gasteiger partial charge in [0.1, 0.15) is 0 Å². The smallest absolute Gasteiger partial charge is 0.0406 e. The van der Waals surface area contributed by atoms with Crippen molar-refractivity contribution in [2.75, 3.05) is 6.54 Å². The van der Waals surface area contributed by atoms with Crippen molar-refractivity contribution in [3.63, 3.8) is 0 Å². The molecule has 0 aliphatic carbocycles. The number of hydrogen-bond acceptors (Lipinski definition) is 1. The molecule has 90 valence electrons. The molecule has 1 unspecified atom stereocenters. The summed E-state index contributed by atoms with van der Waals surface area (Å²) in [5.41, 5.74) is 1.34. The minimum atomic E-state index is 0.463. The third-order valence-corrected chi connectivity index (χ3v) is 3.01. The van der Waals surface area contributed by atoms with E-state index in [0.717, 1.165) is 17.5 Å². The zero-order valence-corrected chi connectivity index (χ0v) is 11.2. The van der Waals surface area contributed by atoms with Crippen molar-refractivity contribution in [3.8, 4) is 0 Å². The number of benzene rings is 1. The van der Waals surface area contributed by atoms with Gasteiger partial charge >= 0.3 is 0 Å². The molecule has 0 aromatic heterocycles. The van der Waals surface area contributed by atoms with E-state index in [1.54, 1.807) is 0 Å². The maximum atomic E-state index is 5.90. The molecule has 2 heteroatoms. The first-order valence-electron chi connectivity index (χ1n) is 6.12. The van der Waals surface area contributed by atoms with Crippen LogP contribution in [0.25, 0.3) is 0 Å². The van der Waals surface area contributed by atoms with Gasteiger partial charge in [-0.15, -0.1) is 0 Å². The van der Waals surface area contributed by atoms with Gasteiger partial charge in [-0.25, -0.2) is 0 Å². The van der Waals surface area contributed by atoms with Gasteiger partial charge in [0.05, 0.1) is 0 Å². The van der Waals surface area contributed by atoms with Crippen LogP contribution in [-0.4, -0.2) is 6.54 Å². The largest absolute Gasteiger partial charge is 0.310 e. The van der Waals surface area contributed by atoms with E-state index in [4.69, 9.17) is 11.6 Å². The summed E-state index contributed by atoms with van der Waals surface area (Å²) < 4.78 is 0. The van der Waals surface area contributed by atoms with Gasteiger partial charge in [-0.05, 0) is 43.0 Å². The zero-order valence-electron chi connectivity index (χ0n) is 10.5. The summed E-state index contributed by atoms with van der Waals surface area (Å²) in [6, 6.07) is 8.64. The van der Waals surface area contributed by atoms with Crippen LogP contribution < -0.4 is 5.32 Å². The average Bonchev–Trinajstić information content (AvgIpc) is 2.25. The van der Waals surface area contributed by atoms with Crippen LogP contribution in [-0.2, 0) is 0 Å². The lowest BCUT2D eigenvalue weighted by atomic mass is 9.97. The molecule has 1 atom stereocenters. The van der Waals surface area contributed by atoms with Gasteiger partial charge in [-0.1, -0.05) is 44.5 Å². The van der Waals surface area contributed by atoms with Gasteiger partial charge in [-0.2, -0.15) is 0 Å². The van der Waals surface area contributed by atoms with Crippen LogP contribution in [0.5, 0.6) is 0 Å². The van der Waals surface area contributed by atoms with Crippen molar-refractivity contribution >= 4 is 11.6 Å². The Balaban J connectivity index is 2.64. The molecule has 1 nitrogen and oxygen atoms in total. The highest BCUT2D eigenvalue weighted by molar-refractivity contribution is 6.30. The molecule has 0 spiro atoms. The summed E-state index contributed by atoms with van der Waals surface area (Å²) >= 11 is 5.90. The number of nitrogens with one attached hydrogen (secondary N) is 1. The highest BCUT2D eigenvalue weighted by Crippen LogP contribution is 2.22. The lowest BCUT2D eigenvalue weighted by Crippen LogP contribution is -2.21. The fourth-order valence-corrected chi connectivity index (χ4v) is 1.95. The lowest BCUT2D eigenvalue weighted by Gasteiger charge is -2.19. The van der Waals surface area contributed by atoms with Crippen LogP contribution in [0.4, 0.5) is 0 Å². The number of hydrogen-bond donors (Lipinski definition) is 1. The highest BCUT2D eigenvalue weighted by Gasteiger charge is 2.10. The van der Waals surface area contributed by atoms with Gasteiger partial charge in [0.15, 0.2) is 0 Å². The van der Waals surface area contributed by atoms with Crippen molar-refractivity contribution in [1.82, 2.24) is 5.32 Å². The molecule has 0 aliphatic rings. The van der Waals surface area contributed by atoms with Crippen LogP contribution in [0.1, 0.15) is 45.2 Å². The summed E-state index contributed by atoms with van der Waals surface area (Å²) in [7, 11) is 0. The molecule has 1 aromatic rings. The quantitative estimate of drug-likeness (QED) is 0.775. The Morgan fingerprint density at radius 3 is 2.25 bits per heavy atom. The summed E-state index contributed by atoms with van der Waals surface area (Å²) in [5, 5.41) is 4.34. The molecular formula is C14H22ClN. The molecule has 0 saturated carbocycles. The predicted octanol–water partition coefficient (Wildman–Crippen LogP) is 4.43. The van der Waals surface area contributed by atoms with E-state index < -0.39 is 0 Å². The molecular weight excluding hydrogens is 218 g/mol. The summed E-state index contributed by atoms with van der Waals surface area (Å²) in [4.78, 5) is 0. The van der Waals surface area contributed by atoms with E-state index in [-0.39, 0.29) is 0 Å². The fourth-order valence-electron chi connectivity index (χ4n) is 1.83. The Morgan fingerprint density at radius 1 is 1.12 bits per heavy atom. The second-order valence-corrected chi connectivity index (χ2v) is 5.07. The topological polar surface area (TPSA) is 12.0 Å². The minimum absolute atomic E-state index is 0.463. The van der Waals surface area contributed by atoms with Gasteiger partial charge < -0.3 is 5.32 Å². The van der Waals surface area contributed by atoms with E-state index in [1.807, 2.05) is 12.1 Å². The molecule has 0 saturated heterocycles. The van der Waals surface area contributed by atoms with Crippen LogP contribution in [0.3, 0.4) is 0 Å². The first-order valence-corrected chi connectivity index (χ1v) is 6.50. The van der Waals surface area contributed by atoms with Crippen molar-refractivity contribution in [2.45, 2.75) is 39.7 Å². The van der Waals surface area contributed by atoms with Crippen molar-refractivity contribution in [2.24, 2.45) is 5.92 Å². The molecule has 0 bridgehead atoms. The van der Waals surface area contributed by atoms with Crippen LogP contribution in [0.15, 0.2) is 24.3 Å². The molecule has 0 fully saturated rings. The summed E-state index contributed by atoms with van der Waals surface area (Å²) in [6.45, 7) is 7.69. The van der Waals surface area contributed by atoms with Gasteiger partial charge in [0.2, 0.25) is 0 Å². The lowest BCUT2D eigenvalue weighted by molar-refractivity contribution is 0.448. The molecule has 0 aliphatic heterocycles. The molecule has 0 heterocycles. The third kappa shape index (κ3) is 4.54. The van der Waals surface area contributed by atoms with E-state index in [2.05, 4.69) is 38.2 Å². The third-order valence-electron chi connectivity index (χ3n) is 2.76. The van der Waals surface area contributed by atoms with Crippen molar-refractivity contribution in [1.29, 1.82) is 0 Å². The van der Waals surface area contributed by atoms with E-state index >= 15 is 0 Å². The molecule has 1 N–H and O–H groups in total. The van der Waals surface area contributed by atoms with E-state index in [9.17, 15) is 0 Å². The number of rotatable bonds is 6. The first-order chi connectivity index (χ1) is 7.63. The number of halogens is 1. The Kier molecular flexibility index (Phi) is 5.86. The molecule has 0 amide bonds. The van der Waals surface area contributed by atoms with Gasteiger partial charge in [-0.3, -0.25) is 0 Å². The monoisotopic (exact) mass is 239 g/mol. The molecule has 0 radical (unpaired) electrons. The van der Waals surface area contributed by atoms with Crippen LogP contribution >= 0.6 is 11.6 Å². The van der Waals surface area contributed by atoms with E-state index in [0.29, 0.717) is 6.04 Å². The van der Waals surface area contributed by atoms with Crippen LogP contribution in [0, 0.1) is 5.92 Å². The van der Waals surface area contributed by atoms with E-state index in [1.165, 1.54) is 18.4 Å². The Morgan fingerprint density at radius 2 is 1.75 bits per heavy atom. The average molecular weight is 240 g/mol. The normalized spacial score (nSPS) is 13.1.